The molecule has 0 N–H and O–H groups in total. The van der Waals surface area contributed by atoms with Crippen molar-refractivity contribution < 1.29 is 4.79 Å². The molecule has 1 atom stereocenters. The number of allylic oxidation sites excluding steroid dienone is 2. The van der Waals surface area contributed by atoms with Crippen molar-refractivity contribution in [2.24, 2.45) is 0 Å². The van der Waals surface area contributed by atoms with Crippen LogP contribution < -0.4 is 0 Å². The molecule has 0 aliphatic heterocycles. The summed E-state index contributed by atoms with van der Waals surface area (Å²) in [6, 6.07) is 9.75. The summed E-state index contributed by atoms with van der Waals surface area (Å²) in [5.41, 5.74) is 1.06. The zero-order valence-electron chi connectivity index (χ0n) is 7.03. The normalized spacial score (nSPS) is 21.8. The summed E-state index contributed by atoms with van der Waals surface area (Å²) in [5, 5.41) is 0.666. The molecular weight excluding hydrogens is 184 g/mol. The molecule has 1 aliphatic carbocycles. The minimum atomic E-state index is -0.0475. The van der Waals surface area contributed by atoms with Gasteiger partial charge in [-0.15, -0.1) is 0 Å². The largest absolute Gasteiger partial charge is 0.294 e. The van der Waals surface area contributed by atoms with Crippen LogP contribution in [0.15, 0.2) is 41.4 Å². The van der Waals surface area contributed by atoms with Crippen LogP contribution >= 0.6 is 11.6 Å². The Balaban J connectivity index is 2.26. The van der Waals surface area contributed by atoms with Gasteiger partial charge >= 0.3 is 0 Å². The Morgan fingerprint density at radius 2 is 1.92 bits per heavy atom. The summed E-state index contributed by atoms with van der Waals surface area (Å²) in [7, 11) is 0. The number of hydrogen-bond donors (Lipinski definition) is 0. The number of carbonyl (C=O) groups excluding carboxylic acids is 1. The molecule has 13 heavy (non-hydrogen) atoms. The van der Waals surface area contributed by atoms with Crippen LogP contribution in [0.1, 0.15) is 17.9 Å². The van der Waals surface area contributed by atoms with Crippen LogP contribution in [0.25, 0.3) is 0 Å². The third kappa shape index (κ3) is 1.65. The highest BCUT2D eigenvalue weighted by molar-refractivity contribution is 6.32. The van der Waals surface area contributed by atoms with Crippen molar-refractivity contribution in [1.29, 1.82) is 0 Å². The number of rotatable bonds is 1. The molecule has 66 valence electrons. The predicted molar refractivity (Wildman–Crippen MR) is 52.7 cm³/mol. The molecule has 0 heterocycles. The number of carbonyl (C=O) groups is 1. The second kappa shape index (κ2) is 3.35. The SMILES string of the molecule is O=C1C=C(Cl)CC1c1ccccc1. The van der Waals surface area contributed by atoms with E-state index in [1.54, 1.807) is 0 Å². The Bertz CT molecular complexity index is 354. The van der Waals surface area contributed by atoms with Crippen molar-refractivity contribution >= 4 is 17.4 Å². The van der Waals surface area contributed by atoms with Crippen molar-refractivity contribution in [3.63, 3.8) is 0 Å². The van der Waals surface area contributed by atoms with Crippen LogP contribution in [-0.4, -0.2) is 5.78 Å². The predicted octanol–water partition coefficient (Wildman–Crippen LogP) is 2.87. The average molecular weight is 193 g/mol. The minimum Gasteiger partial charge on any atom is -0.294 e. The van der Waals surface area contributed by atoms with E-state index in [0.29, 0.717) is 11.5 Å². The summed E-state index contributed by atoms with van der Waals surface area (Å²) >= 11 is 5.79. The Morgan fingerprint density at radius 3 is 2.46 bits per heavy atom. The van der Waals surface area contributed by atoms with Crippen LogP contribution in [0, 0.1) is 0 Å². The van der Waals surface area contributed by atoms with Crippen molar-refractivity contribution in [3.8, 4) is 0 Å². The topological polar surface area (TPSA) is 17.1 Å². The molecule has 0 radical (unpaired) electrons. The van der Waals surface area contributed by atoms with E-state index in [0.717, 1.165) is 5.56 Å². The quantitative estimate of drug-likeness (QED) is 0.669. The van der Waals surface area contributed by atoms with Gasteiger partial charge in [0.2, 0.25) is 0 Å². The Hall–Kier alpha value is -1.08. The molecule has 1 aliphatic rings. The Labute approximate surface area is 82.0 Å². The van der Waals surface area contributed by atoms with E-state index in [4.69, 9.17) is 11.6 Å². The van der Waals surface area contributed by atoms with Gasteiger partial charge in [0.25, 0.3) is 0 Å². The van der Waals surface area contributed by atoms with Gasteiger partial charge in [0.05, 0.1) is 5.92 Å². The molecule has 0 amide bonds. The lowest BCUT2D eigenvalue weighted by Gasteiger charge is -2.07. The van der Waals surface area contributed by atoms with Gasteiger partial charge in [0.15, 0.2) is 5.78 Å². The fourth-order valence-corrected chi connectivity index (χ4v) is 1.84. The number of hydrogen-bond acceptors (Lipinski definition) is 1. The molecule has 0 aromatic heterocycles. The van der Waals surface area contributed by atoms with Crippen molar-refractivity contribution in [1.82, 2.24) is 0 Å². The fourth-order valence-electron chi connectivity index (χ4n) is 1.58. The highest BCUT2D eigenvalue weighted by Crippen LogP contribution is 2.32. The zero-order chi connectivity index (χ0) is 9.26. The van der Waals surface area contributed by atoms with Crippen LogP contribution in [0.5, 0.6) is 0 Å². The van der Waals surface area contributed by atoms with Crippen molar-refractivity contribution in [2.45, 2.75) is 12.3 Å². The molecule has 1 aromatic rings. The van der Waals surface area contributed by atoms with Crippen LogP contribution in [0.2, 0.25) is 0 Å². The molecule has 0 saturated heterocycles. The molecular formula is C11H9ClO. The van der Waals surface area contributed by atoms with E-state index in [-0.39, 0.29) is 11.7 Å². The Morgan fingerprint density at radius 1 is 1.23 bits per heavy atom. The highest BCUT2D eigenvalue weighted by Gasteiger charge is 2.25. The van der Waals surface area contributed by atoms with Gasteiger partial charge in [-0.25, -0.2) is 0 Å². The smallest absolute Gasteiger partial charge is 0.164 e. The molecule has 0 fully saturated rings. The third-order valence-corrected chi connectivity index (χ3v) is 2.51. The van der Waals surface area contributed by atoms with E-state index < -0.39 is 0 Å². The monoisotopic (exact) mass is 192 g/mol. The van der Waals surface area contributed by atoms with Gasteiger partial charge in [-0.2, -0.15) is 0 Å². The maximum atomic E-state index is 11.4. The molecule has 1 aromatic carbocycles. The van der Waals surface area contributed by atoms with Crippen LogP contribution in [0.3, 0.4) is 0 Å². The standard InChI is InChI=1S/C11H9ClO/c12-9-6-10(11(13)7-9)8-4-2-1-3-5-8/h1-5,7,10H,6H2. The second-order valence-electron chi connectivity index (χ2n) is 3.16. The first-order chi connectivity index (χ1) is 6.27. The summed E-state index contributed by atoms with van der Waals surface area (Å²) in [5.74, 6) is 0.0740. The summed E-state index contributed by atoms with van der Waals surface area (Å²) in [4.78, 5) is 11.4. The highest BCUT2D eigenvalue weighted by atomic mass is 35.5. The van der Waals surface area contributed by atoms with E-state index in [9.17, 15) is 4.79 Å². The van der Waals surface area contributed by atoms with Gasteiger partial charge in [0.1, 0.15) is 0 Å². The first kappa shape index (κ1) is 8.52. The van der Waals surface area contributed by atoms with Gasteiger partial charge in [-0.3, -0.25) is 4.79 Å². The molecule has 1 unspecified atom stereocenters. The van der Waals surface area contributed by atoms with Crippen molar-refractivity contribution in [2.75, 3.05) is 0 Å². The number of benzene rings is 1. The van der Waals surface area contributed by atoms with E-state index in [2.05, 4.69) is 0 Å². The summed E-state index contributed by atoms with van der Waals surface area (Å²) in [6.07, 6.45) is 2.18. The van der Waals surface area contributed by atoms with E-state index >= 15 is 0 Å². The first-order valence-electron chi connectivity index (χ1n) is 4.22. The van der Waals surface area contributed by atoms with Gasteiger partial charge < -0.3 is 0 Å². The fraction of sp³-hybridized carbons (Fsp3) is 0.182. The lowest BCUT2D eigenvalue weighted by atomic mass is 9.96. The molecule has 0 spiro atoms. The van der Waals surface area contributed by atoms with Gasteiger partial charge in [-0.1, -0.05) is 41.9 Å². The average Bonchev–Trinajstić information content (AvgIpc) is 2.47. The molecule has 0 saturated carbocycles. The van der Waals surface area contributed by atoms with Crippen LogP contribution in [-0.2, 0) is 4.79 Å². The van der Waals surface area contributed by atoms with Gasteiger partial charge in [-0.05, 0) is 18.1 Å². The zero-order valence-corrected chi connectivity index (χ0v) is 7.79. The van der Waals surface area contributed by atoms with Crippen LogP contribution in [0.4, 0.5) is 0 Å². The molecule has 0 bridgehead atoms. The number of halogens is 1. The summed E-state index contributed by atoms with van der Waals surface area (Å²) < 4.78 is 0. The molecule has 2 rings (SSSR count). The molecule has 2 heteroatoms. The third-order valence-electron chi connectivity index (χ3n) is 2.24. The molecule has 1 nitrogen and oxygen atoms in total. The lowest BCUT2D eigenvalue weighted by molar-refractivity contribution is -0.115. The number of ketones is 1. The maximum Gasteiger partial charge on any atom is 0.164 e. The second-order valence-corrected chi connectivity index (χ2v) is 3.65. The Kier molecular flexibility index (Phi) is 2.19. The maximum absolute atomic E-state index is 11.4. The summed E-state index contributed by atoms with van der Waals surface area (Å²) in [6.45, 7) is 0. The van der Waals surface area contributed by atoms with Crippen molar-refractivity contribution in [3.05, 3.63) is 47.0 Å². The lowest BCUT2D eigenvalue weighted by Crippen LogP contribution is -2.03. The minimum absolute atomic E-state index is 0.0475. The van der Waals surface area contributed by atoms with E-state index in [1.807, 2.05) is 30.3 Å². The van der Waals surface area contributed by atoms with E-state index in [1.165, 1.54) is 6.08 Å². The first-order valence-corrected chi connectivity index (χ1v) is 4.60. The van der Waals surface area contributed by atoms with Gasteiger partial charge in [0, 0.05) is 5.03 Å².